The average molecular weight is 243 g/mol. The van der Waals surface area contributed by atoms with Gasteiger partial charge >= 0.3 is 0 Å². The normalized spacial score (nSPS) is 11.0. The molecule has 0 aliphatic carbocycles. The lowest BCUT2D eigenvalue weighted by Gasteiger charge is -2.00. The van der Waals surface area contributed by atoms with E-state index in [4.69, 9.17) is 0 Å². The van der Waals surface area contributed by atoms with Crippen molar-refractivity contribution in [3.8, 4) is 0 Å². The second-order valence-corrected chi connectivity index (χ2v) is 3.63. The minimum absolute atomic E-state index is 0.138. The Balaban J connectivity index is 2.83. The molecule has 13 heavy (non-hydrogen) atoms. The van der Waals surface area contributed by atoms with Crippen LogP contribution in [0.25, 0.3) is 6.08 Å². The molecule has 0 aromatic heterocycles. The SMILES string of the molecule is Cc1c(F)cccc1C=CCCBr. The summed E-state index contributed by atoms with van der Waals surface area (Å²) >= 11 is 3.33. The maximum absolute atomic E-state index is 13.0. The van der Waals surface area contributed by atoms with Crippen LogP contribution in [0.3, 0.4) is 0 Å². The second kappa shape index (κ2) is 5.18. The van der Waals surface area contributed by atoms with Gasteiger partial charge in [0.15, 0.2) is 0 Å². The summed E-state index contributed by atoms with van der Waals surface area (Å²) in [4.78, 5) is 0. The average Bonchev–Trinajstić information content (AvgIpc) is 2.13. The van der Waals surface area contributed by atoms with Gasteiger partial charge in [-0.2, -0.15) is 0 Å². The highest BCUT2D eigenvalue weighted by Gasteiger charge is 1.98. The third-order valence-electron chi connectivity index (χ3n) is 1.88. The number of hydrogen-bond acceptors (Lipinski definition) is 0. The summed E-state index contributed by atoms with van der Waals surface area (Å²) in [5.41, 5.74) is 1.68. The zero-order chi connectivity index (χ0) is 9.68. The Kier molecular flexibility index (Phi) is 4.16. The van der Waals surface area contributed by atoms with E-state index in [0.29, 0.717) is 5.56 Å². The van der Waals surface area contributed by atoms with Crippen LogP contribution in [0.15, 0.2) is 24.3 Å². The number of halogens is 2. The van der Waals surface area contributed by atoms with E-state index in [-0.39, 0.29) is 5.82 Å². The fourth-order valence-corrected chi connectivity index (χ4v) is 1.34. The summed E-state index contributed by atoms with van der Waals surface area (Å²) in [6.07, 6.45) is 4.96. The van der Waals surface area contributed by atoms with E-state index in [1.807, 2.05) is 18.2 Å². The fraction of sp³-hybridized carbons (Fsp3) is 0.273. The van der Waals surface area contributed by atoms with Crippen molar-refractivity contribution in [1.82, 2.24) is 0 Å². The predicted molar refractivity (Wildman–Crippen MR) is 58.6 cm³/mol. The molecule has 0 saturated heterocycles. The monoisotopic (exact) mass is 242 g/mol. The molecule has 2 heteroatoms. The highest BCUT2D eigenvalue weighted by Crippen LogP contribution is 2.13. The third kappa shape index (κ3) is 2.96. The number of hydrogen-bond donors (Lipinski definition) is 0. The number of allylic oxidation sites excluding steroid dienone is 1. The minimum Gasteiger partial charge on any atom is -0.207 e. The van der Waals surface area contributed by atoms with Gasteiger partial charge in [-0.25, -0.2) is 4.39 Å². The zero-order valence-electron chi connectivity index (χ0n) is 7.56. The molecule has 0 radical (unpaired) electrons. The third-order valence-corrected chi connectivity index (χ3v) is 2.34. The molecule has 1 rings (SSSR count). The van der Waals surface area contributed by atoms with Gasteiger partial charge in [-0.15, -0.1) is 0 Å². The standard InChI is InChI=1S/C11H12BrF/c1-9-10(5-2-3-8-12)6-4-7-11(9)13/h2,4-7H,3,8H2,1H3. The fourth-order valence-electron chi connectivity index (χ4n) is 1.08. The summed E-state index contributed by atoms with van der Waals surface area (Å²) < 4.78 is 13.0. The lowest BCUT2D eigenvalue weighted by Crippen LogP contribution is -1.85. The smallest absolute Gasteiger partial charge is 0.126 e. The van der Waals surface area contributed by atoms with E-state index in [9.17, 15) is 4.39 Å². The Bertz CT molecular complexity index is 305. The molecule has 0 aliphatic rings. The van der Waals surface area contributed by atoms with Gasteiger partial charge in [0.1, 0.15) is 5.82 Å². The van der Waals surface area contributed by atoms with Crippen molar-refractivity contribution < 1.29 is 4.39 Å². The molecule has 1 aromatic rings. The lowest BCUT2D eigenvalue weighted by atomic mass is 10.1. The highest BCUT2D eigenvalue weighted by atomic mass is 79.9. The van der Waals surface area contributed by atoms with Crippen molar-refractivity contribution in [2.75, 3.05) is 5.33 Å². The highest BCUT2D eigenvalue weighted by molar-refractivity contribution is 9.09. The van der Waals surface area contributed by atoms with Crippen LogP contribution in [-0.4, -0.2) is 5.33 Å². The van der Waals surface area contributed by atoms with Gasteiger partial charge in [0, 0.05) is 5.33 Å². The molecule has 0 N–H and O–H groups in total. The largest absolute Gasteiger partial charge is 0.207 e. The quantitative estimate of drug-likeness (QED) is 0.705. The van der Waals surface area contributed by atoms with E-state index < -0.39 is 0 Å². The molecule has 0 amide bonds. The van der Waals surface area contributed by atoms with Crippen molar-refractivity contribution in [2.24, 2.45) is 0 Å². The van der Waals surface area contributed by atoms with Crippen LogP contribution in [0.1, 0.15) is 17.5 Å². The summed E-state index contributed by atoms with van der Waals surface area (Å²) in [5.74, 6) is -0.138. The predicted octanol–water partition coefficient (Wildman–Crippen LogP) is 3.93. The van der Waals surface area contributed by atoms with Gasteiger partial charge in [-0.3, -0.25) is 0 Å². The summed E-state index contributed by atoms with van der Waals surface area (Å²) in [7, 11) is 0. The first-order valence-electron chi connectivity index (χ1n) is 4.23. The van der Waals surface area contributed by atoms with E-state index >= 15 is 0 Å². The molecule has 0 atom stereocenters. The van der Waals surface area contributed by atoms with Crippen molar-refractivity contribution in [3.05, 3.63) is 41.2 Å². The first-order valence-corrected chi connectivity index (χ1v) is 5.35. The second-order valence-electron chi connectivity index (χ2n) is 2.83. The molecule has 0 aliphatic heterocycles. The summed E-state index contributed by atoms with van der Waals surface area (Å²) in [6.45, 7) is 1.79. The van der Waals surface area contributed by atoms with Gasteiger partial charge in [-0.05, 0) is 30.5 Å². The summed E-state index contributed by atoms with van der Waals surface area (Å²) in [6, 6.07) is 5.14. The minimum atomic E-state index is -0.138. The van der Waals surface area contributed by atoms with Crippen LogP contribution in [0, 0.1) is 12.7 Å². The first-order chi connectivity index (χ1) is 6.25. The van der Waals surface area contributed by atoms with Crippen LogP contribution >= 0.6 is 15.9 Å². The molecule has 1 aromatic carbocycles. The van der Waals surface area contributed by atoms with Gasteiger partial charge in [0.05, 0.1) is 0 Å². The van der Waals surface area contributed by atoms with Gasteiger partial charge in [-0.1, -0.05) is 40.2 Å². The molecule has 0 saturated carbocycles. The van der Waals surface area contributed by atoms with E-state index in [2.05, 4.69) is 15.9 Å². The Labute approximate surface area is 86.6 Å². The summed E-state index contributed by atoms with van der Waals surface area (Å²) in [5, 5.41) is 0.942. The Morgan fingerprint density at radius 3 is 2.92 bits per heavy atom. The van der Waals surface area contributed by atoms with Crippen LogP contribution in [-0.2, 0) is 0 Å². The molecule has 0 spiro atoms. The first kappa shape index (κ1) is 10.5. The van der Waals surface area contributed by atoms with E-state index in [0.717, 1.165) is 17.3 Å². The maximum Gasteiger partial charge on any atom is 0.126 e. The van der Waals surface area contributed by atoms with E-state index in [1.54, 1.807) is 13.0 Å². The molecular formula is C11H12BrF. The van der Waals surface area contributed by atoms with Crippen molar-refractivity contribution in [2.45, 2.75) is 13.3 Å². The van der Waals surface area contributed by atoms with Crippen LogP contribution in [0.4, 0.5) is 4.39 Å². The van der Waals surface area contributed by atoms with Gasteiger partial charge in [0.25, 0.3) is 0 Å². The van der Waals surface area contributed by atoms with E-state index in [1.165, 1.54) is 6.07 Å². The van der Waals surface area contributed by atoms with Crippen LogP contribution in [0.2, 0.25) is 0 Å². The van der Waals surface area contributed by atoms with Crippen molar-refractivity contribution >= 4 is 22.0 Å². The topological polar surface area (TPSA) is 0 Å². The molecular weight excluding hydrogens is 231 g/mol. The van der Waals surface area contributed by atoms with Crippen LogP contribution in [0.5, 0.6) is 0 Å². The molecule has 70 valence electrons. The maximum atomic E-state index is 13.0. The van der Waals surface area contributed by atoms with Crippen molar-refractivity contribution in [3.63, 3.8) is 0 Å². The Hall–Kier alpha value is -0.630. The molecule has 0 fully saturated rings. The molecule has 0 nitrogen and oxygen atoms in total. The lowest BCUT2D eigenvalue weighted by molar-refractivity contribution is 0.618. The Morgan fingerprint density at radius 1 is 1.46 bits per heavy atom. The number of alkyl halides is 1. The number of rotatable bonds is 3. The van der Waals surface area contributed by atoms with Gasteiger partial charge in [0.2, 0.25) is 0 Å². The van der Waals surface area contributed by atoms with Gasteiger partial charge < -0.3 is 0 Å². The van der Waals surface area contributed by atoms with Crippen LogP contribution < -0.4 is 0 Å². The number of benzene rings is 1. The Morgan fingerprint density at radius 2 is 2.23 bits per heavy atom. The molecule has 0 unspecified atom stereocenters. The van der Waals surface area contributed by atoms with Crippen molar-refractivity contribution in [1.29, 1.82) is 0 Å². The molecule has 0 heterocycles. The zero-order valence-corrected chi connectivity index (χ0v) is 9.14. The molecule has 0 bridgehead atoms.